The molecule has 0 saturated carbocycles. The maximum Gasteiger partial charge on any atom is 0.273 e. The molecule has 3 aromatic rings. The normalized spacial score (nSPS) is 12.6. The van der Waals surface area contributed by atoms with Crippen molar-refractivity contribution >= 4 is 22.8 Å². The molecule has 0 bridgehead atoms. The fourth-order valence-corrected chi connectivity index (χ4v) is 3.16. The third-order valence-electron chi connectivity index (χ3n) is 4.31. The first kappa shape index (κ1) is 15.2. The molecule has 2 N–H and O–H groups in total. The Labute approximate surface area is 145 Å². The van der Waals surface area contributed by atoms with Crippen LogP contribution in [0.2, 0.25) is 0 Å². The lowest BCUT2D eigenvalue weighted by Crippen LogP contribution is -2.27. The summed E-state index contributed by atoms with van der Waals surface area (Å²) in [6.07, 6.45) is 0. The molecule has 1 aromatic heterocycles. The number of anilines is 1. The summed E-state index contributed by atoms with van der Waals surface area (Å²) < 4.78 is 0. The van der Waals surface area contributed by atoms with Gasteiger partial charge in [0, 0.05) is 24.0 Å². The largest absolute Gasteiger partial charge is 0.368 e. The third-order valence-corrected chi connectivity index (χ3v) is 4.31. The van der Waals surface area contributed by atoms with E-state index >= 15 is 0 Å². The minimum Gasteiger partial charge on any atom is -0.368 e. The molecule has 1 aliphatic rings. The Kier molecular flexibility index (Phi) is 3.58. The first-order chi connectivity index (χ1) is 12.2. The Morgan fingerprint density at radius 1 is 1.12 bits per heavy atom. The first-order valence-corrected chi connectivity index (χ1v) is 8.02. The van der Waals surface area contributed by atoms with Crippen molar-refractivity contribution in [3.05, 3.63) is 64.8 Å². The molecule has 0 fully saturated rings. The highest BCUT2D eigenvalue weighted by Crippen LogP contribution is 2.26. The van der Waals surface area contributed by atoms with Gasteiger partial charge in [-0.25, -0.2) is 9.97 Å². The van der Waals surface area contributed by atoms with Crippen molar-refractivity contribution in [3.63, 3.8) is 0 Å². The second-order valence-electron chi connectivity index (χ2n) is 5.97. The number of hydrogen-bond acceptors (Lipinski definition) is 4. The molecule has 5 heteroatoms. The van der Waals surface area contributed by atoms with E-state index in [-0.39, 0.29) is 11.9 Å². The quantitative estimate of drug-likeness (QED) is 0.697. The van der Waals surface area contributed by atoms with Crippen LogP contribution in [-0.4, -0.2) is 20.8 Å². The van der Waals surface area contributed by atoms with E-state index in [2.05, 4.69) is 21.8 Å². The molecule has 0 unspecified atom stereocenters. The van der Waals surface area contributed by atoms with Crippen molar-refractivity contribution in [2.75, 3.05) is 5.73 Å². The Morgan fingerprint density at radius 2 is 1.84 bits per heavy atom. The number of nitrogens with two attached hydrogens (primary N) is 1. The van der Waals surface area contributed by atoms with Gasteiger partial charge in [0.25, 0.3) is 5.91 Å². The van der Waals surface area contributed by atoms with Gasteiger partial charge < -0.3 is 10.6 Å². The standard InChI is InChI=1S/C20H16N4O/c1-2-5-13-8-9-17-16(10-13)18(23-20(21)22-17)19(25)24-11-14-6-3-4-7-15(14)12-24/h3-4,6-10H,11-12H2,1H3,(H2,21,22,23). The average molecular weight is 328 g/mol. The highest BCUT2D eigenvalue weighted by Gasteiger charge is 2.26. The van der Waals surface area contributed by atoms with Crippen molar-refractivity contribution < 1.29 is 4.79 Å². The molecular formula is C20H16N4O. The molecule has 0 atom stereocenters. The topological polar surface area (TPSA) is 72.1 Å². The number of fused-ring (bicyclic) bond motifs is 2. The molecule has 2 heterocycles. The minimum atomic E-state index is -0.142. The number of hydrogen-bond donors (Lipinski definition) is 1. The number of aromatic nitrogens is 2. The minimum absolute atomic E-state index is 0.0990. The first-order valence-electron chi connectivity index (χ1n) is 8.02. The Bertz CT molecular complexity index is 1040. The third kappa shape index (κ3) is 2.68. The maximum absolute atomic E-state index is 13.1. The molecule has 122 valence electrons. The summed E-state index contributed by atoms with van der Waals surface area (Å²) in [6, 6.07) is 13.6. The number of carbonyl (C=O) groups excluding carboxylic acids is 1. The summed E-state index contributed by atoms with van der Waals surface area (Å²) in [5, 5.41) is 0.676. The van der Waals surface area contributed by atoms with Gasteiger partial charge in [-0.2, -0.15) is 0 Å². The molecule has 2 aromatic carbocycles. The van der Waals surface area contributed by atoms with Gasteiger partial charge in [0.15, 0.2) is 0 Å². The van der Waals surface area contributed by atoms with Crippen LogP contribution in [0.4, 0.5) is 5.95 Å². The zero-order valence-electron chi connectivity index (χ0n) is 13.8. The monoisotopic (exact) mass is 328 g/mol. The Balaban J connectivity index is 1.78. The van der Waals surface area contributed by atoms with Crippen molar-refractivity contribution in [2.45, 2.75) is 20.0 Å². The average Bonchev–Trinajstić information content (AvgIpc) is 3.05. The molecule has 0 radical (unpaired) electrons. The van der Waals surface area contributed by atoms with Gasteiger partial charge in [0.1, 0.15) is 5.69 Å². The second kappa shape index (κ2) is 5.91. The molecule has 1 amide bonds. The van der Waals surface area contributed by atoms with Crippen LogP contribution in [-0.2, 0) is 13.1 Å². The number of rotatable bonds is 1. The summed E-state index contributed by atoms with van der Waals surface area (Å²) in [7, 11) is 0. The van der Waals surface area contributed by atoms with E-state index in [0.29, 0.717) is 29.7 Å². The van der Waals surface area contributed by atoms with E-state index < -0.39 is 0 Å². The van der Waals surface area contributed by atoms with E-state index in [0.717, 1.165) is 5.56 Å². The highest BCUT2D eigenvalue weighted by atomic mass is 16.2. The van der Waals surface area contributed by atoms with E-state index in [4.69, 9.17) is 5.73 Å². The Hall–Kier alpha value is -3.39. The lowest BCUT2D eigenvalue weighted by molar-refractivity contribution is 0.0747. The van der Waals surface area contributed by atoms with Gasteiger partial charge in [-0.3, -0.25) is 4.79 Å². The highest BCUT2D eigenvalue weighted by molar-refractivity contribution is 6.05. The van der Waals surface area contributed by atoms with E-state index in [1.54, 1.807) is 11.8 Å². The SMILES string of the molecule is CC#Cc1ccc2nc(N)nc(C(=O)N3Cc4ccccc4C3)c2c1. The zero-order chi connectivity index (χ0) is 17.4. The van der Waals surface area contributed by atoms with Crippen molar-refractivity contribution in [2.24, 2.45) is 0 Å². The fraction of sp³-hybridized carbons (Fsp3) is 0.150. The van der Waals surface area contributed by atoms with Gasteiger partial charge in [0.05, 0.1) is 5.52 Å². The Morgan fingerprint density at radius 3 is 2.52 bits per heavy atom. The summed E-state index contributed by atoms with van der Waals surface area (Å²) in [4.78, 5) is 23.3. The molecule has 0 saturated heterocycles. The summed E-state index contributed by atoms with van der Waals surface area (Å²) in [5.41, 5.74) is 9.95. The summed E-state index contributed by atoms with van der Waals surface area (Å²) in [5.74, 6) is 5.82. The number of nitrogens with zero attached hydrogens (tertiary/aromatic N) is 3. The molecule has 0 aliphatic carbocycles. The molecule has 25 heavy (non-hydrogen) atoms. The maximum atomic E-state index is 13.1. The van der Waals surface area contributed by atoms with Crippen LogP contribution in [0.25, 0.3) is 10.9 Å². The van der Waals surface area contributed by atoms with Crippen LogP contribution in [0.3, 0.4) is 0 Å². The molecule has 5 nitrogen and oxygen atoms in total. The molecule has 4 rings (SSSR count). The van der Waals surface area contributed by atoms with Gasteiger partial charge >= 0.3 is 0 Å². The van der Waals surface area contributed by atoms with Gasteiger partial charge in [-0.05, 0) is 36.2 Å². The number of amides is 1. The number of nitrogen functional groups attached to an aromatic ring is 1. The zero-order valence-corrected chi connectivity index (χ0v) is 13.8. The smallest absolute Gasteiger partial charge is 0.273 e. The lowest BCUT2D eigenvalue weighted by Gasteiger charge is -2.16. The molecule has 1 aliphatic heterocycles. The lowest BCUT2D eigenvalue weighted by atomic mass is 10.1. The van der Waals surface area contributed by atoms with Crippen LogP contribution in [0.15, 0.2) is 42.5 Å². The number of benzene rings is 2. The van der Waals surface area contributed by atoms with Crippen LogP contribution >= 0.6 is 0 Å². The molecular weight excluding hydrogens is 312 g/mol. The van der Waals surface area contributed by atoms with E-state index in [9.17, 15) is 4.79 Å². The van der Waals surface area contributed by atoms with Crippen LogP contribution in [0.1, 0.15) is 34.1 Å². The summed E-state index contributed by atoms with van der Waals surface area (Å²) in [6.45, 7) is 2.93. The van der Waals surface area contributed by atoms with E-state index in [1.165, 1.54) is 11.1 Å². The van der Waals surface area contributed by atoms with Gasteiger partial charge in [-0.15, -0.1) is 5.92 Å². The predicted molar refractivity (Wildman–Crippen MR) is 96.5 cm³/mol. The van der Waals surface area contributed by atoms with Gasteiger partial charge in [0.2, 0.25) is 5.95 Å². The van der Waals surface area contributed by atoms with Crippen LogP contribution in [0.5, 0.6) is 0 Å². The summed E-state index contributed by atoms with van der Waals surface area (Å²) >= 11 is 0. The number of carbonyl (C=O) groups is 1. The van der Waals surface area contributed by atoms with Crippen molar-refractivity contribution in [3.8, 4) is 11.8 Å². The van der Waals surface area contributed by atoms with E-state index in [1.807, 2.05) is 42.5 Å². The molecule has 0 spiro atoms. The fourth-order valence-electron chi connectivity index (χ4n) is 3.16. The van der Waals surface area contributed by atoms with Gasteiger partial charge in [-0.1, -0.05) is 30.2 Å². The predicted octanol–water partition coefficient (Wildman–Crippen LogP) is 2.74. The van der Waals surface area contributed by atoms with Crippen LogP contribution in [0, 0.1) is 11.8 Å². The van der Waals surface area contributed by atoms with Crippen LogP contribution < -0.4 is 5.73 Å². The van der Waals surface area contributed by atoms with Crippen molar-refractivity contribution in [1.82, 2.24) is 14.9 Å². The van der Waals surface area contributed by atoms with Crippen molar-refractivity contribution in [1.29, 1.82) is 0 Å². The second-order valence-corrected chi connectivity index (χ2v) is 5.97.